The van der Waals surface area contributed by atoms with Crippen LogP contribution in [-0.4, -0.2) is 34.6 Å². The Bertz CT molecular complexity index is 1380. The summed E-state index contributed by atoms with van der Waals surface area (Å²) < 4.78 is 5.92. The summed E-state index contributed by atoms with van der Waals surface area (Å²) in [4.78, 5) is 19.0. The van der Waals surface area contributed by atoms with Crippen LogP contribution in [0, 0.1) is 0 Å². The first kappa shape index (κ1) is 18.3. The van der Waals surface area contributed by atoms with Crippen molar-refractivity contribution in [2.75, 3.05) is 13.7 Å². The third-order valence-corrected chi connectivity index (χ3v) is 6.57. The van der Waals surface area contributed by atoms with Crippen LogP contribution in [0.2, 0.25) is 0 Å². The Morgan fingerprint density at radius 1 is 1.10 bits per heavy atom. The average molecular weight is 410 g/mol. The van der Waals surface area contributed by atoms with Crippen molar-refractivity contribution in [1.82, 2.24) is 9.88 Å². The molecular formula is C26H22N2O3. The molecule has 0 saturated carbocycles. The Morgan fingerprint density at radius 2 is 1.90 bits per heavy atom. The largest absolute Gasteiger partial charge is 0.493 e. The number of ether oxygens (including phenoxy) is 1. The van der Waals surface area contributed by atoms with E-state index in [9.17, 15) is 9.90 Å². The predicted octanol–water partition coefficient (Wildman–Crippen LogP) is 4.56. The number of carboxylic acid groups (broad SMARTS) is 1. The van der Waals surface area contributed by atoms with E-state index in [4.69, 9.17) is 9.72 Å². The van der Waals surface area contributed by atoms with E-state index in [0.29, 0.717) is 6.61 Å². The fraction of sp³-hybridized carbons (Fsp3) is 0.231. The summed E-state index contributed by atoms with van der Waals surface area (Å²) in [5.41, 5.74) is 7.40. The molecule has 3 aromatic carbocycles. The molecule has 31 heavy (non-hydrogen) atoms. The highest BCUT2D eigenvalue weighted by Gasteiger charge is 2.28. The van der Waals surface area contributed by atoms with Gasteiger partial charge in [0.05, 0.1) is 18.5 Å². The van der Waals surface area contributed by atoms with Gasteiger partial charge in [-0.05, 0) is 63.8 Å². The highest BCUT2D eigenvalue weighted by Crippen LogP contribution is 2.45. The third kappa shape index (κ3) is 2.73. The Morgan fingerprint density at radius 3 is 2.74 bits per heavy atom. The molecule has 2 aliphatic rings. The quantitative estimate of drug-likeness (QED) is 0.536. The van der Waals surface area contributed by atoms with E-state index < -0.39 is 5.97 Å². The van der Waals surface area contributed by atoms with E-state index in [1.807, 2.05) is 18.3 Å². The molecular weight excluding hydrogens is 388 g/mol. The third-order valence-electron chi connectivity index (χ3n) is 6.57. The summed E-state index contributed by atoms with van der Waals surface area (Å²) in [6, 6.07) is 14.5. The number of nitrogens with zero attached hydrogens (tertiary/aromatic N) is 2. The second kappa shape index (κ2) is 6.79. The molecule has 6 rings (SSSR count). The van der Waals surface area contributed by atoms with Gasteiger partial charge in [0, 0.05) is 36.7 Å². The number of benzene rings is 3. The fourth-order valence-corrected chi connectivity index (χ4v) is 5.35. The number of carboxylic acids is 1. The van der Waals surface area contributed by atoms with Gasteiger partial charge in [0.1, 0.15) is 5.75 Å². The topological polar surface area (TPSA) is 62.7 Å². The van der Waals surface area contributed by atoms with Crippen LogP contribution in [0.25, 0.3) is 32.8 Å². The molecule has 0 unspecified atom stereocenters. The van der Waals surface area contributed by atoms with Crippen molar-refractivity contribution in [3.8, 4) is 16.9 Å². The van der Waals surface area contributed by atoms with Crippen LogP contribution in [0.5, 0.6) is 5.75 Å². The maximum Gasteiger partial charge on any atom is 0.307 e. The molecule has 0 amide bonds. The molecule has 0 spiro atoms. The standard InChI is InChI=1S/C26H22N2O3/c1-28-13-20-16-4-2-3-5-17(16)25(19(12-23(29)30)21(20)14-28)18-6-7-22-24-15(9-11-31-22)8-10-27-26(18)24/h2-8,10H,9,11-14H2,1H3,(H,29,30). The van der Waals surface area contributed by atoms with Crippen LogP contribution in [0.1, 0.15) is 22.3 Å². The minimum absolute atomic E-state index is 0.00419. The smallest absolute Gasteiger partial charge is 0.307 e. The Balaban J connectivity index is 1.76. The Labute approximate surface area is 179 Å². The van der Waals surface area contributed by atoms with Crippen LogP contribution in [0.15, 0.2) is 48.7 Å². The molecule has 4 aromatic rings. The first-order valence-corrected chi connectivity index (χ1v) is 10.6. The molecule has 0 fully saturated rings. The first-order valence-electron chi connectivity index (χ1n) is 10.6. The summed E-state index contributed by atoms with van der Waals surface area (Å²) in [5, 5.41) is 13.1. The minimum Gasteiger partial charge on any atom is -0.493 e. The zero-order valence-corrected chi connectivity index (χ0v) is 17.3. The van der Waals surface area contributed by atoms with Crippen molar-refractivity contribution in [2.24, 2.45) is 0 Å². The van der Waals surface area contributed by atoms with Crippen LogP contribution in [0.4, 0.5) is 0 Å². The zero-order chi connectivity index (χ0) is 21.1. The van der Waals surface area contributed by atoms with Gasteiger partial charge in [0.15, 0.2) is 0 Å². The van der Waals surface area contributed by atoms with Crippen molar-refractivity contribution in [2.45, 2.75) is 25.9 Å². The molecule has 3 heterocycles. The number of rotatable bonds is 3. The molecule has 0 saturated heterocycles. The lowest BCUT2D eigenvalue weighted by Crippen LogP contribution is -2.11. The molecule has 154 valence electrons. The van der Waals surface area contributed by atoms with Crippen LogP contribution < -0.4 is 4.74 Å². The van der Waals surface area contributed by atoms with Gasteiger partial charge >= 0.3 is 5.97 Å². The lowest BCUT2D eigenvalue weighted by atomic mass is 9.84. The predicted molar refractivity (Wildman–Crippen MR) is 120 cm³/mol. The molecule has 1 aromatic heterocycles. The average Bonchev–Trinajstić information content (AvgIpc) is 3.17. The number of aliphatic carboxylic acids is 1. The molecule has 0 radical (unpaired) electrons. The van der Waals surface area contributed by atoms with E-state index in [0.717, 1.165) is 63.8 Å². The monoisotopic (exact) mass is 410 g/mol. The molecule has 2 aliphatic heterocycles. The Kier molecular flexibility index (Phi) is 4.02. The fourth-order valence-electron chi connectivity index (χ4n) is 5.35. The zero-order valence-electron chi connectivity index (χ0n) is 17.3. The van der Waals surface area contributed by atoms with Crippen molar-refractivity contribution in [3.63, 3.8) is 0 Å². The second-order valence-corrected chi connectivity index (χ2v) is 8.50. The van der Waals surface area contributed by atoms with Gasteiger partial charge in [0.2, 0.25) is 0 Å². The number of carbonyl (C=O) groups is 1. The summed E-state index contributed by atoms with van der Waals surface area (Å²) in [6.45, 7) is 2.26. The van der Waals surface area contributed by atoms with E-state index in [1.54, 1.807) is 0 Å². The summed E-state index contributed by atoms with van der Waals surface area (Å²) >= 11 is 0. The van der Waals surface area contributed by atoms with Crippen LogP contribution >= 0.6 is 0 Å². The number of fused-ring (bicyclic) bond motifs is 3. The van der Waals surface area contributed by atoms with Gasteiger partial charge < -0.3 is 9.84 Å². The number of aromatic nitrogens is 1. The van der Waals surface area contributed by atoms with Gasteiger partial charge in [-0.2, -0.15) is 0 Å². The number of hydrogen-bond donors (Lipinski definition) is 1. The van der Waals surface area contributed by atoms with Gasteiger partial charge in [-0.25, -0.2) is 0 Å². The van der Waals surface area contributed by atoms with Crippen LogP contribution in [0.3, 0.4) is 0 Å². The van der Waals surface area contributed by atoms with Gasteiger partial charge in [0.25, 0.3) is 0 Å². The highest BCUT2D eigenvalue weighted by atomic mass is 16.5. The molecule has 0 bridgehead atoms. The van der Waals surface area contributed by atoms with Crippen molar-refractivity contribution in [3.05, 3.63) is 70.9 Å². The second-order valence-electron chi connectivity index (χ2n) is 8.50. The molecule has 0 aliphatic carbocycles. The van der Waals surface area contributed by atoms with E-state index in [1.165, 1.54) is 16.5 Å². The normalized spacial score (nSPS) is 15.3. The summed E-state index contributed by atoms with van der Waals surface area (Å²) in [7, 11) is 2.08. The maximum atomic E-state index is 11.9. The van der Waals surface area contributed by atoms with Crippen molar-refractivity contribution >= 4 is 27.6 Å². The van der Waals surface area contributed by atoms with E-state index >= 15 is 0 Å². The van der Waals surface area contributed by atoms with Crippen molar-refractivity contribution in [1.29, 1.82) is 0 Å². The maximum absolute atomic E-state index is 11.9. The summed E-state index contributed by atoms with van der Waals surface area (Å²) in [5.74, 6) is 0.0467. The lowest BCUT2D eigenvalue weighted by Gasteiger charge is -2.22. The highest BCUT2D eigenvalue weighted by molar-refractivity contribution is 6.09. The molecule has 1 N–H and O–H groups in total. The van der Waals surface area contributed by atoms with Gasteiger partial charge in [-0.3, -0.25) is 14.7 Å². The van der Waals surface area contributed by atoms with Gasteiger partial charge in [-0.15, -0.1) is 0 Å². The van der Waals surface area contributed by atoms with E-state index in [2.05, 4.69) is 42.3 Å². The number of hydrogen-bond acceptors (Lipinski definition) is 4. The Hall–Kier alpha value is -3.44. The van der Waals surface area contributed by atoms with Crippen molar-refractivity contribution < 1.29 is 14.6 Å². The minimum atomic E-state index is -0.813. The first-order chi connectivity index (χ1) is 15.1. The SMILES string of the molecule is CN1Cc2c(CC(=O)O)c(-c3ccc4c5c(ccnc35)CCO4)c3ccccc3c2C1. The molecule has 5 nitrogen and oxygen atoms in total. The van der Waals surface area contributed by atoms with Crippen LogP contribution in [-0.2, 0) is 30.7 Å². The lowest BCUT2D eigenvalue weighted by molar-refractivity contribution is -0.136. The molecule has 5 heteroatoms. The van der Waals surface area contributed by atoms with Gasteiger partial charge in [-0.1, -0.05) is 24.3 Å². The molecule has 0 atom stereocenters. The number of pyridine rings is 1. The van der Waals surface area contributed by atoms with E-state index in [-0.39, 0.29) is 6.42 Å². The summed E-state index contributed by atoms with van der Waals surface area (Å²) in [6.07, 6.45) is 2.71.